The smallest absolute Gasteiger partial charge is 0.427 e. The van der Waals surface area contributed by atoms with Gasteiger partial charge in [0.15, 0.2) is 10.8 Å². The minimum atomic E-state index is -0.977. The molecule has 1 atom stereocenters. The van der Waals surface area contributed by atoms with Gasteiger partial charge in [0.1, 0.15) is 22.9 Å². The number of imidazole rings is 1. The number of ether oxygens (including phenoxy) is 3. The molecule has 0 N–H and O–H groups in total. The van der Waals surface area contributed by atoms with E-state index < -0.39 is 23.4 Å². The molecule has 0 bridgehead atoms. The first-order valence-electron chi connectivity index (χ1n) is 9.63. The van der Waals surface area contributed by atoms with Crippen molar-refractivity contribution >= 4 is 40.9 Å². The third-order valence-corrected chi connectivity index (χ3v) is 4.20. The molecule has 0 aromatic carbocycles. The van der Waals surface area contributed by atoms with Crippen molar-refractivity contribution in [1.29, 1.82) is 0 Å². The Balaban J connectivity index is 2.08. The molecule has 0 spiro atoms. The molecule has 1 aliphatic heterocycles. The van der Waals surface area contributed by atoms with Crippen LogP contribution in [-0.2, 0) is 14.2 Å². The number of carbonyl (C=O) groups excluding carboxylic acids is 2. The van der Waals surface area contributed by atoms with E-state index in [1.807, 2.05) is 0 Å². The summed E-state index contributed by atoms with van der Waals surface area (Å²) in [4.78, 5) is 39.1. The summed E-state index contributed by atoms with van der Waals surface area (Å²) >= 11 is 6.30. The molecule has 0 aliphatic carbocycles. The minimum Gasteiger partial charge on any atom is -0.443 e. The predicted molar refractivity (Wildman–Crippen MR) is 110 cm³/mol. The van der Waals surface area contributed by atoms with Crippen LogP contribution in [-0.4, -0.2) is 49.5 Å². The van der Waals surface area contributed by atoms with E-state index >= 15 is 0 Å². The lowest BCUT2D eigenvalue weighted by atomic mass is 10.2. The zero-order chi connectivity index (χ0) is 22.3. The molecule has 1 fully saturated rings. The van der Waals surface area contributed by atoms with Crippen molar-refractivity contribution < 1.29 is 23.8 Å². The van der Waals surface area contributed by atoms with Crippen molar-refractivity contribution in [2.75, 3.05) is 11.5 Å². The highest BCUT2D eigenvalue weighted by Crippen LogP contribution is 2.30. The van der Waals surface area contributed by atoms with Crippen LogP contribution in [0.3, 0.4) is 0 Å². The van der Waals surface area contributed by atoms with Crippen molar-refractivity contribution in [3.05, 3.63) is 11.5 Å². The van der Waals surface area contributed by atoms with Crippen LogP contribution in [0.2, 0.25) is 5.15 Å². The van der Waals surface area contributed by atoms with E-state index in [2.05, 4.69) is 15.0 Å². The zero-order valence-corrected chi connectivity index (χ0v) is 18.7. The van der Waals surface area contributed by atoms with Crippen LogP contribution in [0, 0.1) is 0 Å². The summed E-state index contributed by atoms with van der Waals surface area (Å²) in [5.74, 6) is -0.268. The first kappa shape index (κ1) is 22.2. The van der Waals surface area contributed by atoms with Crippen molar-refractivity contribution in [3.8, 4) is 0 Å². The van der Waals surface area contributed by atoms with E-state index in [1.54, 1.807) is 52.4 Å². The summed E-state index contributed by atoms with van der Waals surface area (Å²) in [5.41, 5.74) is -1.03. The molecule has 164 valence electrons. The first-order chi connectivity index (χ1) is 13.9. The normalized spacial score (nSPS) is 17.2. The Bertz CT molecular complexity index is 929. The molecule has 3 heterocycles. The Morgan fingerprint density at radius 3 is 2.23 bits per heavy atom. The van der Waals surface area contributed by atoms with Gasteiger partial charge in [-0.1, -0.05) is 11.6 Å². The quantitative estimate of drug-likeness (QED) is 0.630. The molecule has 1 saturated heterocycles. The van der Waals surface area contributed by atoms with E-state index in [1.165, 1.54) is 0 Å². The van der Waals surface area contributed by atoms with Gasteiger partial charge in [0.2, 0.25) is 5.95 Å². The van der Waals surface area contributed by atoms with Gasteiger partial charge in [0.05, 0.1) is 6.33 Å². The minimum absolute atomic E-state index is 0.0103. The third-order valence-electron chi connectivity index (χ3n) is 3.94. The summed E-state index contributed by atoms with van der Waals surface area (Å²) in [5, 5.41) is -0.0103. The average Bonchev–Trinajstić information content (AvgIpc) is 3.19. The Kier molecular flexibility index (Phi) is 5.92. The van der Waals surface area contributed by atoms with Crippen LogP contribution >= 0.6 is 11.6 Å². The van der Waals surface area contributed by atoms with Gasteiger partial charge < -0.3 is 14.2 Å². The maximum atomic E-state index is 12.8. The van der Waals surface area contributed by atoms with Crippen molar-refractivity contribution in [1.82, 2.24) is 19.5 Å². The SMILES string of the molecule is CC(C)(C)OC(=O)N(C(=O)OC(C)(C)C)c1nc(Cl)c2ncn(C3CCCO3)c2n1. The standard InChI is InChI=1S/C19H26ClN5O5/c1-18(2,3)29-16(26)25(17(27)30-19(4,5)6)15-22-13(20)12-14(23-15)24(10-21-12)11-8-7-9-28-11/h10-11H,7-9H2,1-6H3. The lowest BCUT2D eigenvalue weighted by molar-refractivity contribution is 0.0427. The van der Waals surface area contributed by atoms with Crippen LogP contribution in [0.4, 0.5) is 15.5 Å². The fourth-order valence-electron chi connectivity index (χ4n) is 2.82. The van der Waals surface area contributed by atoms with Crippen LogP contribution in [0.25, 0.3) is 11.2 Å². The van der Waals surface area contributed by atoms with Crippen LogP contribution < -0.4 is 4.90 Å². The van der Waals surface area contributed by atoms with Gasteiger partial charge in [0, 0.05) is 6.61 Å². The number of aromatic nitrogens is 4. The van der Waals surface area contributed by atoms with Gasteiger partial charge in [-0.15, -0.1) is 4.90 Å². The molecular weight excluding hydrogens is 414 g/mol. The second kappa shape index (κ2) is 7.99. The van der Waals surface area contributed by atoms with Gasteiger partial charge in [0.25, 0.3) is 0 Å². The lowest BCUT2D eigenvalue weighted by Crippen LogP contribution is -2.44. The van der Waals surface area contributed by atoms with Gasteiger partial charge in [-0.25, -0.2) is 14.6 Å². The van der Waals surface area contributed by atoms with Crippen molar-refractivity contribution in [2.24, 2.45) is 0 Å². The van der Waals surface area contributed by atoms with Gasteiger partial charge in [-0.2, -0.15) is 9.97 Å². The number of fused-ring (bicyclic) bond motifs is 1. The van der Waals surface area contributed by atoms with E-state index in [-0.39, 0.29) is 17.3 Å². The second-order valence-corrected chi connectivity index (χ2v) is 9.26. The molecule has 3 rings (SSSR count). The highest BCUT2D eigenvalue weighted by Gasteiger charge is 2.35. The number of imide groups is 1. The van der Waals surface area contributed by atoms with Crippen LogP contribution in [0.5, 0.6) is 0 Å². The molecular formula is C19H26ClN5O5. The predicted octanol–water partition coefficient (Wildman–Crippen LogP) is 4.47. The largest absolute Gasteiger partial charge is 0.443 e. The number of halogens is 1. The topological polar surface area (TPSA) is 109 Å². The number of nitrogens with zero attached hydrogens (tertiary/aromatic N) is 5. The molecule has 2 aromatic rings. The molecule has 10 nitrogen and oxygen atoms in total. The molecule has 2 amide bonds. The fraction of sp³-hybridized carbons (Fsp3) is 0.632. The Hall–Kier alpha value is -2.46. The summed E-state index contributed by atoms with van der Waals surface area (Å²) in [6.45, 7) is 10.7. The van der Waals surface area contributed by atoms with Crippen molar-refractivity contribution in [3.63, 3.8) is 0 Å². The van der Waals surface area contributed by atoms with Gasteiger partial charge in [-0.3, -0.25) is 4.57 Å². The Morgan fingerprint density at radius 1 is 1.13 bits per heavy atom. The maximum Gasteiger partial charge on any atom is 0.427 e. The Labute approximate surface area is 179 Å². The average molecular weight is 440 g/mol. The van der Waals surface area contributed by atoms with E-state index in [0.29, 0.717) is 22.7 Å². The molecule has 0 saturated carbocycles. The molecule has 1 unspecified atom stereocenters. The summed E-state index contributed by atoms with van der Waals surface area (Å²) < 4.78 is 18.1. The van der Waals surface area contributed by atoms with E-state index in [9.17, 15) is 9.59 Å². The number of rotatable bonds is 2. The fourth-order valence-corrected chi connectivity index (χ4v) is 3.02. The van der Waals surface area contributed by atoms with E-state index in [4.69, 9.17) is 25.8 Å². The number of carbonyl (C=O) groups is 2. The number of hydrogen-bond acceptors (Lipinski definition) is 8. The first-order valence-corrected chi connectivity index (χ1v) is 10.0. The molecule has 11 heteroatoms. The molecule has 1 aliphatic rings. The monoisotopic (exact) mass is 439 g/mol. The third kappa shape index (κ3) is 4.99. The van der Waals surface area contributed by atoms with Crippen LogP contribution in [0.15, 0.2) is 6.33 Å². The van der Waals surface area contributed by atoms with E-state index in [0.717, 1.165) is 12.8 Å². The molecule has 0 radical (unpaired) electrons. The highest BCUT2D eigenvalue weighted by atomic mass is 35.5. The molecule has 30 heavy (non-hydrogen) atoms. The Morgan fingerprint density at radius 2 is 1.73 bits per heavy atom. The number of amides is 2. The second-order valence-electron chi connectivity index (χ2n) is 8.90. The van der Waals surface area contributed by atoms with Gasteiger partial charge >= 0.3 is 12.2 Å². The highest BCUT2D eigenvalue weighted by molar-refractivity contribution is 6.33. The summed E-state index contributed by atoms with van der Waals surface area (Å²) in [6.07, 6.45) is 1.02. The number of anilines is 1. The maximum absolute atomic E-state index is 12.8. The van der Waals surface area contributed by atoms with Crippen molar-refractivity contribution in [2.45, 2.75) is 71.8 Å². The summed E-state index contributed by atoms with van der Waals surface area (Å²) in [6, 6.07) is 0. The zero-order valence-electron chi connectivity index (χ0n) is 17.9. The molecule has 2 aromatic heterocycles. The lowest BCUT2D eigenvalue weighted by Gasteiger charge is -2.27. The summed E-state index contributed by atoms with van der Waals surface area (Å²) in [7, 11) is 0. The number of hydrogen-bond donors (Lipinski definition) is 0. The van der Waals surface area contributed by atoms with Crippen LogP contribution in [0.1, 0.15) is 60.6 Å². The van der Waals surface area contributed by atoms with Gasteiger partial charge in [-0.05, 0) is 54.4 Å².